The van der Waals surface area contributed by atoms with Crippen LogP contribution >= 0.6 is 0 Å². The smallest absolute Gasteiger partial charge is 0.0924 e. The van der Waals surface area contributed by atoms with Crippen LogP contribution in [0, 0.1) is 6.20 Å². The Morgan fingerprint density at radius 3 is 2.75 bits per heavy atom. The van der Waals surface area contributed by atoms with Gasteiger partial charge in [0.2, 0.25) is 0 Å². The van der Waals surface area contributed by atoms with Crippen molar-refractivity contribution in [2.45, 2.75) is 40.0 Å². The van der Waals surface area contributed by atoms with Gasteiger partial charge in [-0.3, -0.25) is 4.98 Å². The van der Waals surface area contributed by atoms with E-state index in [-0.39, 0.29) is 0 Å². The van der Waals surface area contributed by atoms with Crippen LogP contribution in [0.5, 0.6) is 0 Å². The number of allylic oxidation sites excluding steroid dienone is 4. The molecule has 0 spiro atoms. The highest BCUT2D eigenvalue weighted by Gasteiger charge is 1.92. The normalized spacial score (nSPS) is 11.3. The maximum atomic E-state index is 3.98. The summed E-state index contributed by atoms with van der Waals surface area (Å²) < 4.78 is 0. The second-order valence-electron chi connectivity index (χ2n) is 4.35. The lowest BCUT2D eigenvalue weighted by Gasteiger charge is -1.99. The zero-order valence-electron chi connectivity index (χ0n) is 10.5. The number of pyridine rings is 1. The summed E-state index contributed by atoms with van der Waals surface area (Å²) in [7, 11) is 0. The molecule has 0 bridgehead atoms. The summed E-state index contributed by atoms with van der Waals surface area (Å²) in [6.07, 6.45) is 12.5. The lowest BCUT2D eigenvalue weighted by molar-refractivity contribution is 0.954. The zero-order valence-corrected chi connectivity index (χ0v) is 10.5. The maximum Gasteiger partial charge on any atom is 0.0924 e. The van der Waals surface area contributed by atoms with Gasteiger partial charge in [-0.2, -0.15) is 0 Å². The van der Waals surface area contributed by atoms with E-state index in [0.29, 0.717) is 0 Å². The quantitative estimate of drug-likeness (QED) is 0.672. The minimum absolute atomic E-state index is 0.939. The molecule has 1 radical (unpaired) electrons. The Kier molecular flexibility index (Phi) is 5.55. The van der Waals surface area contributed by atoms with Gasteiger partial charge >= 0.3 is 0 Å². The zero-order chi connectivity index (χ0) is 11.8. The van der Waals surface area contributed by atoms with Gasteiger partial charge < -0.3 is 0 Å². The standard InChI is InChI=1S/C15H20N/c1-13(2)6-4-7-14(3)9-10-15-8-5-11-16-12-15/h5-6,8-9,11H,4,7,10H2,1-3H3/b14-9+. The Morgan fingerprint density at radius 2 is 2.12 bits per heavy atom. The van der Waals surface area contributed by atoms with E-state index in [1.807, 2.05) is 6.07 Å². The number of aromatic nitrogens is 1. The Bertz CT molecular complexity index is 356. The highest BCUT2D eigenvalue weighted by molar-refractivity contribution is 5.14. The second-order valence-corrected chi connectivity index (χ2v) is 4.35. The summed E-state index contributed by atoms with van der Waals surface area (Å²) in [5.74, 6) is 0. The topological polar surface area (TPSA) is 12.9 Å². The molecule has 1 rings (SSSR count). The highest BCUT2D eigenvalue weighted by atomic mass is 14.6. The van der Waals surface area contributed by atoms with Crippen LogP contribution in [0.1, 0.15) is 39.2 Å². The summed E-state index contributed by atoms with van der Waals surface area (Å²) in [5, 5.41) is 0. The summed E-state index contributed by atoms with van der Waals surface area (Å²) in [5.41, 5.74) is 3.99. The Morgan fingerprint density at radius 1 is 1.31 bits per heavy atom. The van der Waals surface area contributed by atoms with Gasteiger partial charge in [0.25, 0.3) is 0 Å². The largest absolute Gasteiger partial charge is 0.254 e. The average Bonchev–Trinajstić information content (AvgIpc) is 2.27. The Labute approximate surface area is 98.9 Å². The predicted octanol–water partition coefficient (Wildman–Crippen LogP) is 4.12. The lowest BCUT2D eigenvalue weighted by Crippen LogP contribution is -1.85. The van der Waals surface area contributed by atoms with E-state index < -0.39 is 0 Å². The van der Waals surface area contributed by atoms with Gasteiger partial charge in [-0.1, -0.05) is 29.4 Å². The molecular formula is C15H20N. The molecular weight excluding hydrogens is 194 g/mol. The molecule has 0 amide bonds. The van der Waals surface area contributed by atoms with E-state index in [1.165, 1.54) is 11.1 Å². The van der Waals surface area contributed by atoms with Gasteiger partial charge in [-0.25, -0.2) is 0 Å². The molecule has 0 atom stereocenters. The Balaban J connectivity index is 2.37. The molecule has 16 heavy (non-hydrogen) atoms. The molecule has 1 heteroatoms. The van der Waals surface area contributed by atoms with Crippen molar-refractivity contribution in [1.82, 2.24) is 4.98 Å². The second kappa shape index (κ2) is 7.00. The van der Waals surface area contributed by atoms with Gasteiger partial charge in [-0.05, 0) is 51.7 Å². The molecule has 0 N–H and O–H groups in total. The van der Waals surface area contributed by atoms with E-state index in [9.17, 15) is 0 Å². The third-order valence-electron chi connectivity index (χ3n) is 2.43. The third-order valence-corrected chi connectivity index (χ3v) is 2.43. The Hall–Kier alpha value is -1.37. The molecule has 0 saturated heterocycles. The molecule has 0 saturated carbocycles. The van der Waals surface area contributed by atoms with E-state index >= 15 is 0 Å². The fourth-order valence-electron chi connectivity index (χ4n) is 1.45. The first-order valence-corrected chi connectivity index (χ1v) is 5.79. The van der Waals surface area contributed by atoms with Crippen LogP contribution in [0.4, 0.5) is 0 Å². The summed E-state index contributed by atoms with van der Waals surface area (Å²) in [6, 6.07) is 4.02. The molecule has 0 aromatic carbocycles. The monoisotopic (exact) mass is 214 g/mol. The van der Waals surface area contributed by atoms with Crippen LogP contribution in [0.25, 0.3) is 0 Å². The molecule has 85 valence electrons. The molecule has 0 fully saturated rings. The maximum absolute atomic E-state index is 3.98. The van der Waals surface area contributed by atoms with Crippen molar-refractivity contribution in [3.05, 3.63) is 53.4 Å². The van der Waals surface area contributed by atoms with Gasteiger partial charge in [0.05, 0.1) is 6.20 Å². The van der Waals surface area contributed by atoms with Crippen LogP contribution in [-0.2, 0) is 6.42 Å². The van der Waals surface area contributed by atoms with Gasteiger partial charge in [-0.15, -0.1) is 0 Å². The van der Waals surface area contributed by atoms with Crippen LogP contribution in [-0.4, -0.2) is 4.98 Å². The first-order chi connectivity index (χ1) is 7.68. The summed E-state index contributed by atoms with van der Waals surface area (Å²) in [6.45, 7) is 6.47. The van der Waals surface area contributed by atoms with Crippen molar-refractivity contribution in [2.75, 3.05) is 0 Å². The molecule has 0 aliphatic heterocycles. The number of hydrogen-bond acceptors (Lipinski definition) is 1. The van der Waals surface area contributed by atoms with E-state index in [4.69, 9.17) is 0 Å². The van der Waals surface area contributed by atoms with Crippen LogP contribution in [0.2, 0.25) is 0 Å². The molecule has 0 unspecified atom stereocenters. The molecule has 1 aromatic heterocycles. The summed E-state index contributed by atoms with van der Waals surface area (Å²) >= 11 is 0. The first kappa shape index (κ1) is 12.7. The minimum Gasteiger partial charge on any atom is -0.254 e. The molecule has 1 heterocycles. The van der Waals surface area contributed by atoms with Crippen molar-refractivity contribution >= 4 is 0 Å². The van der Waals surface area contributed by atoms with E-state index in [1.54, 1.807) is 6.20 Å². The predicted molar refractivity (Wildman–Crippen MR) is 69.2 cm³/mol. The molecule has 0 aliphatic carbocycles. The number of rotatable bonds is 5. The third kappa shape index (κ3) is 5.50. The lowest BCUT2D eigenvalue weighted by atomic mass is 10.1. The number of nitrogens with zero attached hydrogens (tertiary/aromatic N) is 1. The van der Waals surface area contributed by atoms with Crippen LogP contribution in [0.15, 0.2) is 41.6 Å². The first-order valence-electron chi connectivity index (χ1n) is 5.79. The SMILES string of the molecule is CC(C)=CCC/C(C)=C/Cc1[c]nccc1. The minimum atomic E-state index is 0.939. The van der Waals surface area contributed by atoms with Crippen molar-refractivity contribution in [3.63, 3.8) is 0 Å². The van der Waals surface area contributed by atoms with Crippen molar-refractivity contribution < 1.29 is 0 Å². The van der Waals surface area contributed by atoms with Crippen molar-refractivity contribution in [1.29, 1.82) is 0 Å². The van der Waals surface area contributed by atoms with Crippen molar-refractivity contribution in [3.8, 4) is 0 Å². The highest BCUT2D eigenvalue weighted by Crippen LogP contribution is 2.08. The van der Waals surface area contributed by atoms with Gasteiger partial charge in [0.1, 0.15) is 0 Å². The molecule has 1 nitrogen and oxygen atoms in total. The van der Waals surface area contributed by atoms with Gasteiger partial charge in [0.15, 0.2) is 0 Å². The van der Waals surface area contributed by atoms with Crippen LogP contribution in [0.3, 0.4) is 0 Å². The number of hydrogen-bond donors (Lipinski definition) is 0. The van der Waals surface area contributed by atoms with Crippen LogP contribution < -0.4 is 0 Å². The average molecular weight is 214 g/mol. The van der Waals surface area contributed by atoms with Gasteiger partial charge in [0, 0.05) is 6.20 Å². The molecule has 0 aliphatic rings. The van der Waals surface area contributed by atoms with E-state index in [0.717, 1.165) is 24.8 Å². The fourth-order valence-corrected chi connectivity index (χ4v) is 1.45. The fraction of sp³-hybridized carbons (Fsp3) is 0.400. The molecule has 1 aromatic rings. The summed E-state index contributed by atoms with van der Waals surface area (Å²) in [4.78, 5) is 3.98. The van der Waals surface area contributed by atoms with E-state index in [2.05, 4.69) is 50.2 Å². The van der Waals surface area contributed by atoms with Crippen molar-refractivity contribution in [2.24, 2.45) is 0 Å².